The number of aliphatic carboxylic acids is 1. The third kappa shape index (κ3) is 3.12. The molecule has 94 valence electrons. The Bertz CT molecular complexity index is 428. The van der Waals surface area contributed by atoms with Crippen LogP contribution in [0.1, 0.15) is 25.0 Å². The number of aryl methyl sites for hydroxylation is 2. The van der Waals surface area contributed by atoms with Gasteiger partial charge in [0.05, 0.1) is 0 Å². The van der Waals surface area contributed by atoms with Gasteiger partial charge in [0.1, 0.15) is 6.04 Å². The minimum absolute atomic E-state index is 0.0183. The number of hydrogen-bond acceptors (Lipinski definition) is 3. The molecule has 0 fully saturated rings. The summed E-state index contributed by atoms with van der Waals surface area (Å²) in [5, 5.41) is 12.2. The molecule has 0 aliphatic rings. The molecule has 4 N–H and O–H groups in total. The summed E-state index contributed by atoms with van der Waals surface area (Å²) < 4.78 is 0. The lowest BCUT2D eigenvalue weighted by atomic mass is 10.0. The average Bonchev–Trinajstić information content (AvgIpc) is 2.20. The summed E-state index contributed by atoms with van der Waals surface area (Å²) in [5.74, 6) is -0.821. The van der Waals surface area contributed by atoms with Gasteiger partial charge in [-0.15, -0.1) is 0 Å². The normalized spacial score (nSPS) is 12.5. The van der Waals surface area contributed by atoms with Gasteiger partial charge in [-0.25, -0.2) is 4.79 Å². The van der Waals surface area contributed by atoms with E-state index in [2.05, 4.69) is 5.32 Å². The summed E-state index contributed by atoms with van der Waals surface area (Å²) in [4.78, 5) is 11.1. The van der Waals surface area contributed by atoms with Crippen molar-refractivity contribution in [3.63, 3.8) is 0 Å². The Morgan fingerprint density at radius 3 is 2.35 bits per heavy atom. The molecule has 4 nitrogen and oxygen atoms in total. The minimum atomic E-state index is -0.839. The van der Waals surface area contributed by atoms with Gasteiger partial charge in [-0.05, 0) is 43.0 Å². The highest BCUT2D eigenvalue weighted by Crippen LogP contribution is 2.23. The zero-order valence-corrected chi connectivity index (χ0v) is 10.7. The molecule has 1 aromatic carbocycles. The number of carbonyl (C=O) groups is 1. The van der Waals surface area contributed by atoms with Crippen LogP contribution >= 0.6 is 0 Å². The number of nitrogens with one attached hydrogen (secondary N) is 1. The van der Waals surface area contributed by atoms with E-state index in [9.17, 15) is 4.79 Å². The zero-order chi connectivity index (χ0) is 13.2. The molecule has 0 aliphatic heterocycles. The summed E-state index contributed by atoms with van der Waals surface area (Å²) in [6.45, 7) is 7.58. The van der Waals surface area contributed by atoms with Gasteiger partial charge in [-0.1, -0.05) is 13.8 Å². The van der Waals surface area contributed by atoms with Gasteiger partial charge in [0.25, 0.3) is 0 Å². The predicted molar refractivity (Wildman–Crippen MR) is 70.2 cm³/mol. The number of hydrogen-bond donors (Lipinski definition) is 3. The van der Waals surface area contributed by atoms with Crippen molar-refractivity contribution in [2.75, 3.05) is 11.1 Å². The Labute approximate surface area is 102 Å². The molecule has 0 aromatic heterocycles. The molecule has 0 saturated heterocycles. The van der Waals surface area contributed by atoms with Crippen LogP contribution in [0.25, 0.3) is 0 Å². The van der Waals surface area contributed by atoms with Crippen molar-refractivity contribution < 1.29 is 9.90 Å². The van der Waals surface area contributed by atoms with Crippen LogP contribution in [0.15, 0.2) is 12.1 Å². The van der Waals surface area contributed by atoms with E-state index in [4.69, 9.17) is 10.8 Å². The van der Waals surface area contributed by atoms with Gasteiger partial charge in [-0.3, -0.25) is 0 Å². The van der Waals surface area contributed by atoms with Crippen molar-refractivity contribution in [1.29, 1.82) is 0 Å². The molecule has 0 heterocycles. The molecule has 1 aromatic rings. The predicted octanol–water partition coefficient (Wildman–Crippen LogP) is 2.41. The maximum Gasteiger partial charge on any atom is 0.326 e. The van der Waals surface area contributed by atoms with Crippen LogP contribution in [-0.4, -0.2) is 17.1 Å². The van der Waals surface area contributed by atoms with E-state index in [1.165, 1.54) is 0 Å². The quantitative estimate of drug-likeness (QED) is 0.702. The number of benzene rings is 1. The van der Waals surface area contributed by atoms with Crippen LogP contribution in [-0.2, 0) is 4.79 Å². The van der Waals surface area contributed by atoms with Gasteiger partial charge in [0, 0.05) is 11.4 Å². The second-order valence-corrected chi connectivity index (χ2v) is 4.73. The Hall–Kier alpha value is -1.71. The highest BCUT2D eigenvalue weighted by atomic mass is 16.4. The maximum absolute atomic E-state index is 11.1. The molecule has 0 saturated carbocycles. The molecule has 0 unspecified atom stereocenters. The lowest BCUT2D eigenvalue weighted by Gasteiger charge is -2.21. The first-order valence-corrected chi connectivity index (χ1v) is 5.69. The fraction of sp³-hybridized carbons (Fsp3) is 0.462. The Morgan fingerprint density at radius 2 is 1.88 bits per heavy atom. The first-order valence-electron chi connectivity index (χ1n) is 5.69. The first-order chi connectivity index (χ1) is 7.82. The number of nitrogens with two attached hydrogens (primary N) is 1. The molecule has 0 bridgehead atoms. The monoisotopic (exact) mass is 236 g/mol. The van der Waals surface area contributed by atoms with Crippen LogP contribution in [0, 0.1) is 19.8 Å². The number of carboxylic acids is 1. The molecular weight excluding hydrogens is 216 g/mol. The fourth-order valence-electron chi connectivity index (χ4n) is 1.68. The van der Waals surface area contributed by atoms with E-state index in [0.29, 0.717) is 0 Å². The second kappa shape index (κ2) is 5.08. The third-order valence-electron chi connectivity index (χ3n) is 2.86. The minimum Gasteiger partial charge on any atom is -0.480 e. The van der Waals surface area contributed by atoms with E-state index >= 15 is 0 Å². The van der Waals surface area contributed by atoms with Crippen molar-refractivity contribution in [2.24, 2.45) is 5.92 Å². The molecule has 1 rings (SSSR count). The van der Waals surface area contributed by atoms with E-state index in [-0.39, 0.29) is 5.92 Å². The van der Waals surface area contributed by atoms with E-state index in [0.717, 1.165) is 22.5 Å². The Kier molecular flexibility index (Phi) is 3.99. The second-order valence-electron chi connectivity index (χ2n) is 4.73. The van der Waals surface area contributed by atoms with Gasteiger partial charge in [0.2, 0.25) is 0 Å². The van der Waals surface area contributed by atoms with E-state index in [1.807, 2.05) is 39.8 Å². The summed E-state index contributed by atoms with van der Waals surface area (Å²) in [7, 11) is 0. The Balaban J connectivity index is 3.01. The van der Waals surface area contributed by atoms with Gasteiger partial charge in [-0.2, -0.15) is 0 Å². The molecule has 0 amide bonds. The van der Waals surface area contributed by atoms with Gasteiger partial charge in [0.15, 0.2) is 0 Å². The SMILES string of the molecule is Cc1cc(N[C@@H](C(=O)O)C(C)C)c(C)cc1N. The van der Waals surface area contributed by atoms with E-state index < -0.39 is 12.0 Å². The zero-order valence-electron chi connectivity index (χ0n) is 10.7. The molecule has 0 aliphatic carbocycles. The number of carboxylic acid groups (broad SMARTS) is 1. The highest BCUT2D eigenvalue weighted by molar-refractivity contribution is 5.78. The first kappa shape index (κ1) is 13.4. The maximum atomic E-state index is 11.1. The van der Waals surface area contributed by atoms with Gasteiger partial charge < -0.3 is 16.2 Å². The molecule has 4 heteroatoms. The number of rotatable bonds is 4. The van der Waals surface area contributed by atoms with Crippen molar-refractivity contribution in [2.45, 2.75) is 33.7 Å². The topological polar surface area (TPSA) is 75.3 Å². The summed E-state index contributed by atoms with van der Waals surface area (Å²) in [5.41, 5.74) is 9.26. The largest absolute Gasteiger partial charge is 0.480 e. The molecule has 0 radical (unpaired) electrons. The molecule has 0 spiro atoms. The third-order valence-corrected chi connectivity index (χ3v) is 2.86. The average molecular weight is 236 g/mol. The van der Waals surface area contributed by atoms with Crippen LogP contribution < -0.4 is 11.1 Å². The van der Waals surface area contributed by atoms with Crippen molar-refractivity contribution >= 4 is 17.3 Å². The Morgan fingerprint density at radius 1 is 1.29 bits per heavy atom. The molecule has 1 atom stereocenters. The van der Waals surface area contributed by atoms with Crippen LogP contribution in [0.5, 0.6) is 0 Å². The summed E-state index contributed by atoms with van der Waals surface area (Å²) in [6.07, 6.45) is 0. The lowest BCUT2D eigenvalue weighted by Crippen LogP contribution is -2.34. The summed E-state index contributed by atoms with van der Waals surface area (Å²) in [6, 6.07) is 3.16. The van der Waals surface area contributed by atoms with Crippen LogP contribution in [0.4, 0.5) is 11.4 Å². The van der Waals surface area contributed by atoms with Crippen molar-refractivity contribution in [1.82, 2.24) is 0 Å². The highest BCUT2D eigenvalue weighted by Gasteiger charge is 2.21. The molecular formula is C13H20N2O2. The standard InChI is InChI=1S/C13H20N2O2/c1-7(2)12(13(16)17)15-11-6-8(3)10(14)5-9(11)4/h5-7,12,15H,14H2,1-4H3,(H,16,17)/t12-/m1/s1. The smallest absolute Gasteiger partial charge is 0.326 e. The number of nitrogen functional groups attached to an aromatic ring is 1. The van der Waals surface area contributed by atoms with Crippen LogP contribution in [0.3, 0.4) is 0 Å². The van der Waals surface area contributed by atoms with Crippen molar-refractivity contribution in [3.05, 3.63) is 23.3 Å². The lowest BCUT2D eigenvalue weighted by molar-refractivity contribution is -0.138. The van der Waals surface area contributed by atoms with Crippen LogP contribution in [0.2, 0.25) is 0 Å². The fourth-order valence-corrected chi connectivity index (χ4v) is 1.68. The van der Waals surface area contributed by atoms with Crippen molar-refractivity contribution in [3.8, 4) is 0 Å². The van der Waals surface area contributed by atoms with E-state index in [1.54, 1.807) is 0 Å². The number of anilines is 2. The summed E-state index contributed by atoms with van der Waals surface area (Å²) >= 11 is 0. The molecule has 17 heavy (non-hydrogen) atoms. The van der Waals surface area contributed by atoms with Gasteiger partial charge >= 0.3 is 5.97 Å².